The highest BCUT2D eigenvalue weighted by atomic mass is 35.5. The molecule has 3 rings (SSSR count). The zero-order valence-electron chi connectivity index (χ0n) is 13.6. The lowest BCUT2D eigenvalue weighted by atomic mass is 10.1. The third kappa shape index (κ3) is 4.40. The zero-order chi connectivity index (χ0) is 16.1. The maximum Gasteiger partial charge on any atom is 0.0407 e. The van der Waals surface area contributed by atoms with E-state index in [1.54, 1.807) is 0 Å². The van der Waals surface area contributed by atoms with Gasteiger partial charge < -0.3 is 10.2 Å². The Morgan fingerprint density at radius 3 is 2.43 bits per heavy atom. The highest BCUT2D eigenvalue weighted by molar-refractivity contribution is 6.30. The molecule has 122 valence electrons. The molecular weight excluding hydrogens is 306 g/mol. The van der Waals surface area contributed by atoms with Gasteiger partial charge in [0.25, 0.3) is 0 Å². The summed E-state index contributed by atoms with van der Waals surface area (Å²) in [6.45, 7) is 5.53. The summed E-state index contributed by atoms with van der Waals surface area (Å²) >= 11 is 5.96. The van der Waals surface area contributed by atoms with E-state index in [1.807, 2.05) is 19.2 Å². The highest BCUT2D eigenvalue weighted by Gasteiger charge is 2.16. The van der Waals surface area contributed by atoms with Crippen molar-refractivity contribution in [1.29, 1.82) is 0 Å². The predicted molar refractivity (Wildman–Crippen MR) is 99.8 cm³/mol. The number of hydrogen-bond donors (Lipinski definition) is 1. The van der Waals surface area contributed by atoms with E-state index in [0.29, 0.717) is 0 Å². The molecule has 23 heavy (non-hydrogen) atoms. The van der Waals surface area contributed by atoms with Gasteiger partial charge in [-0.1, -0.05) is 23.7 Å². The second-order valence-corrected chi connectivity index (χ2v) is 6.44. The van der Waals surface area contributed by atoms with Crippen LogP contribution in [0.2, 0.25) is 5.02 Å². The Hall–Kier alpha value is -1.71. The Morgan fingerprint density at radius 1 is 1.00 bits per heavy atom. The van der Waals surface area contributed by atoms with Gasteiger partial charge in [-0.2, -0.15) is 0 Å². The second-order valence-electron chi connectivity index (χ2n) is 6.01. The van der Waals surface area contributed by atoms with Crippen molar-refractivity contribution in [2.45, 2.75) is 6.42 Å². The van der Waals surface area contributed by atoms with Gasteiger partial charge in [0.15, 0.2) is 0 Å². The molecule has 0 unspecified atom stereocenters. The fourth-order valence-corrected chi connectivity index (χ4v) is 3.18. The van der Waals surface area contributed by atoms with E-state index in [4.69, 9.17) is 11.6 Å². The van der Waals surface area contributed by atoms with Crippen molar-refractivity contribution in [3.05, 3.63) is 59.1 Å². The molecule has 1 aliphatic rings. The van der Waals surface area contributed by atoms with E-state index in [0.717, 1.165) is 44.2 Å². The van der Waals surface area contributed by atoms with Gasteiger partial charge in [-0.15, -0.1) is 0 Å². The largest absolute Gasteiger partial charge is 0.388 e. The minimum Gasteiger partial charge on any atom is -0.388 e. The lowest BCUT2D eigenvalue weighted by molar-refractivity contribution is 0.261. The molecule has 0 aliphatic carbocycles. The van der Waals surface area contributed by atoms with Crippen LogP contribution in [0.25, 0.3) is 0 Å². The topological polar surface area (TPSA) is 18.5 Å². The van der Waals surface area contributed by atoms with Crippen molar-refractivity contribution in [2.75, 3.05) is 50.0 Å². The Labute approximate surface area is 143 Å². The third-order valence-electron chi connectivity index (χ3n) is 4.50. The summed E-state index contributed by atoms with van der Waals surface area (Å²) in [4.78, 5) is 4.99. The van der Waals surface area contributed by atoms with Crippen LogP contribution in [0.15, 0.2) is 48.5 Å². The van der Waals surface area contributed by atoms with Gasteiger partial charge in [-0.05, 0) is 48.4 Å². The average Bonchev–Trinajstić information content (AvgIpc) is 2.61. The smallest absolute Gasteiger partial charge is 0.0407 e. The Bertz CT molecular complexity index is 619. The van der Waals surface area contributed by atoms with Gasteiger partial charge in [0, 0.05) is 56.2 Å². The number of halogens is 1. The van der Waals surface area contributed by atoms with Crippen molar-refractivity contribution < 1.29 is 0 Å². The minimum absolute atomic E-state index is 0.802. The molecule has 0 bridgehead atoms. The number of nitrogens with zero attached hydrogens (tertiary/aromatic N) is 2. The van der Waals surface area contributed by atoms with Crippen LogP contribution in [0.3, 0.4) is 0 Å². The van der Waals surface area contributed by atoms with Gasteiger partial charge in [-0.3, -0.25) is 4.90 Å². The summed E-state index contributed by atoms with van der Waals surface area (Å²) in [5.41, 5.74) is 3.86. The van der Waals surface area contributed by atoms with Gasteiger partial charge in [0.2, 0.25) is 0 Å². The normalized spacial score (nSPS) is 15.7. The van der Waals surface area contributed by atoms with Crippen LogP contribution in [0.5, 0.6) is 0 Å². The summed E-state index contributed by atoms with van der Waals surface area (Å²) < 4.78 is 0. The first-order valence-electron chi connectivity index (χ1n) is 8.24. The van der Waals surface area contributed by atoms with Crippen LogP contribution in [0.4, 0.5) is 11.4 Å². The average molecular weight is 330 g/mol. The Balaban J connectivity index is 1.48. The maximum atomic E-state index is 5.96. The van der Waals surface area contributed by atoms with Crippen LogP contribution < -0.4 is 10.2 Å². The number of piperazine rings is 1. The lowest BCUT2D eigenvalue weighted by Crippen LogP contribution is -2.46. The Kier molecular flexibility index (Phi) is 5.42. The first-order chi connectivity index (χ1) is 11.2. The summed E-state index contributed by atoms with van der Waals surface area (Å²) in [5, 5.41) is 4.01. The van der Waals surface area contributed by atoms with E-state index in [-0.39, 0.29) is 0 Å². The fraction of sp³-hybridized carbons (Fsp3) is 0.368. The van der Waals surface area contributed by atoms with E-state index >= 15 is 0 Å². The SMILES string of the molecule is CNc1cccc(CCN2CCN(c3ccc(Cl)cc3)CC2)c1. The first-order valence-corrected chi connectivity index (χ1v) is 8.62. The molecule has 1 heterocycles. The lowest BCUT2D eigenvalue weighted by Gasteiger charge is -2.36. The molecule has 0 amide bonds. The number of nitrogens with one attached hydrogen (secondary N) is 1. The first kappa shape index (κ1) is 16.2. The van der Waals surface area contributed by atoms with Crippen LogP contribution in [0.1, 0.15) is 5.56 Å². The number of rotatable bonds is 5. The van der Waals surface area contributed by atoms with Gasteiger partial charge in [0.1, 0.15) is 0 Å². The quantitative estimate of drug-likeness (QED) is 0.901. The highest BCUT2D eigenvalue weighted by Crippen LogP contribution is 2.19. The Morgan fingerprint density at radius 2 is 1.74 bits per heavy atom. The molecular formula is C19H24ClN3. The summed E-state index contributed by atoms with van der Waals surface area (Å²) in [6, 6.07) is 16.8. The van der Waals surface area contributed by atoms with Crippen LogP contribution in [-0.2, 0) is 6.42 Å². The van der Waals surface area contributed by atoms with E-state index in [1.165, 1.54) is 16.9 Å². The molecule has 2 aromatic rings. The number of benzene rings is 2. The van der Waals surface area contributed by atoms with Gasteiger partial charge in [-0.25, -0.2) is 0 Å². The van der Waals surface area contributed by atoms with E-state index in [2.05, 4.69) is 51.5 Å². The summed E-state index contributed by atoms with van der Waals surface area (Å²) in [6.07, 6.45) is 1.11. The number of hydrogen-bond acceptors (Lipinski definition) is 3. The molecule has 0 atom stereocenters. The van der Waals surface area contributed by atoms with Gasteiger partial charge >= 0.3 is 0 Å². The summed E-state index contributed by atoms with van der Waals surface area (Å²) in [7, 11) is 1.97. The molecule has 0 radical (unpaired) electrons. The number of anilines is 2. The van der Waals surface area contributed by atoms with Crippen LogP contribution in [-0.4, -0.2) is 44.7 Å². The molecule has 1 N–H and O–H groups in total. The van der Waals surface area contributed by atoms with E-state index in [9.17, 15) is 0 Å². The molecule has 2 aromatic carbocycles. The van der Waals surface area contributed by atoms with Crippen molar-refractivity contribution in [3.8, 4) is 0 Å². The molecule has 4 heteroatoms. The minimum atomic E-state index is 0.802. The van der Waals surface area contributed by atoms with Crippen molar-refractivity contribution in [2.24, 2.45) is 0 Å². The summed E-state index contributed by atoms with van der Waals surface area (Å²) in [5.74, 6) is 0. The van der Waals surface area contributed by atoms with Crippen LogP contribution in [0, 0.1) is 0 Å². The molecule has 0 saturated carbocycles. The van der Waals surface area contributed by atoms with Crippen LogP contribution >= 0.6 is 11.6 Å². The predicted octanol–water partition coefficient (Wildman–Crippen LogP) is 3.75. The van der Waals surface area contributed by atoms with Crippen molar-refractivity contribution >= 4 is 23.0 Å². The maximum absolute atomic E-state index is 5.96. The van der Waals surface area contributed by atoms with E-state index < -0.39 is 0 Å². The monoisotopic (exact) mass is 329 g/mol. The second kappa shape index (κ2) is 7.71. The molecule has 1 fully saturated rings. The zero-order valence-corrected chi connectivity index (χ0v) is 14.4. The van der Waals surface area contributed by atoms with Crippen molar-refractivity contribution in [1.82, 2.24) is 4.90 Å². The fourth-order valence-electron chi connectivity index (χ4n) is 3.05. The molecule has 1 saturated heterocycles. The molecule has 1 aliphatic heterocycles. The van der Waals surface area contributed by atoms with Gasteiger partial charge in [0.05, 0.1) is 0 Å². The molecule has 0 aromatic heterocycles. The molecule has 3 nitrogen and oxygen atoms in total. The van der Waals surface area contributed by atoms with Crippen molar-refractivity contribution in [3.63, 3.8) is 0 Å². The molecule has 0 spiro atoms. The third-order valence-corrected chi connectivity index (χ3v) is 4.75. The standard InChI is InChI=1S/C19H24ClN3/c1-21-18-4-2-3-16(15-18)9-10-22-11-13-23(14-12-22)19-7-5-17(20)6-8-19/h2-8,15,21H,9-14H2,1H3.